The molecule has 6 heteroatoms. The summed E-state index contributed by atoms with van der Waals surface area (Å²) >= 11 is 0. The fourth-order valence-corrected chi connectivity index (χ4v) is 3.64. The first kappa shape index (κ1) is 17.5. The number of urea groups is 1. The van der Waals surface area contributed by atoms with Crippen LogP contribution in [0.1, 0.15) is 57.1 Å². The highest BCUT2D eigenvalue weighted by molar-refractivity contribution is 6.04. The molecular formula is C19H25N3O3. The van der Waals surface area contributed by atoms with Gasteiger partial charge in [-0.2, -0.15) is 0 Å². The molecule has 3 rings (SSSR count). The van der Waals surface area contributed by atoms with E-state index in [0.29, 0.717) is 6.42 Å². The SMILES string of the molecule is C[C@@H](c1ccccc1)N1C(=O)N[C@@H](CCC(=O)NC2CCCC2)C1=O. The molecule has 0 spiro atoms. The highest BCUT2D eigenvalue weighted by atomic mass is 16.2. The Kier molecular flexibility index (Phi) is 5.36. The molecule has 0 unspecified atom stereocenters. The Balaban J connectivity index is 1.54. The van der Waals surface area contributed by atoms with Gasteiger partial charge in [0.05, 0.1) is 6.04 Å². The summed E-state index contributed by atoms with van der Waals surface area (Å²) < 4.78 is 0. The van der Waals surface area contributed by atoms with Crippen LogP contribution < -0.4 is 10.6 Å². The van der Waals surface area contributed by atoms with E-state index in [1.807, 2.05) is 37.3 Å². The van der Waals surface area contributed by atoms with Gasteiger partial charge in [0.2, 0.25) is 5.91 Å². The molecule has 2 atom stereocenters. The van der Waals surface area contributed by atoms with Gasteiger partial charge in [0, 0.05) is 12.5 Å². The molecule has 1 aromatic carbocycles. The van der Waals surface area contributed by atoms with E-state index in [2.05, 4.69) is 10.6 Å². The van der Waals surface area contributed by atoms with Crippen LogP contribution in [0.2, 0.25) is 0 Å². The molecule has 134 valence electrons. The Hall–Kier alpha value is -2.37. The first-order chi connectivity index (χ1) is 12.1. The van der Waals surface area contributed by atoms with Crippen LogP contribution in [-0.4, -0.2) is 34.8 Å². The summed E-state index contributed by atoms with van der Waals surface area (Å²) in [6, 6.07) is 8.40. The van der Waals surface area contributed by atoms with Crippen molar-refractivity contribution in [3.05, 3.63) is 35.9 Å². The van der Waals surface area contributed by atoms with Crippen LogP contribution in [-0.2, 0) is 9.59 Å². The van der Waals surface area contributed by atoms with Gasteiger partial charge in [0.1, 0.15) is 6.04 Å². The van der Waals surface area contributed by atoms with Crippen molar-refractivity contribution in [3.63, 3.8) is 0 Å². The van der Waals surface area contributed by atoms with Crippen molar-refractivity contribution in [1.82, 2.24) is 15.5 Å². The summed E-state index contributed by atoms with van der Waals surface area (Å²) in [5.41, 5.74) is 0.908. The number of hydrogen-bond donors (Lipinski definition) is 2. The highest BCUT2D eigenvalue weighted by Gasteiger charge is 2.40. The number of hydrogen-bond acceptors (Lipinski definition) is 3. The molecule has 6 nitrogen and oxygen atoms in total. The van der Waals surface area contributed by atoms with Crippen LogP contribution in [0, 0.1) is 0 Å². The molecule has 1 aromatic rings. The van der Waals surface area contributed by atoms with Gasteiger partial charge >= 0.3 is 6.03 Å². The van der Waals surface area contributed by atoms with E-state index < -0.39 is 6.04 Å². The number of carbonyl (C=O) groups is 3. The van der Waals surface area contributed by atoms with E-state index in [9.17, 15) is 14.4 Å². The second-order valence-corrected chi connectivity index (χ2v) is 6.88. The van der Waals surface area contributed by atoms with Crippen LogP contribution in [0.25, 0.3) is 0 Å². The van der Waals surface area contributed by atoms with E-state index in [-0.39, 0.29) is 36.3 Å². The Labute approximate surface area is 148 Å². The molecule has 1 heterocycles. The summed E-state index contributed by atoms with van der Waals surface area (Å²) in [6.45, 7) is 1.84. The molecular weight excluding hydrogens is 318 g/mol. The Morgan fingerprint density at radius 3 is 2.60 bits per heavy atom. The summed E-state index contributed by atoms with van der Waals surface area (Å²) in [5, 5.41) is 5.72. The summed E-state index contributed by atoms with van der Waals surface area (Å²) in [7, 11) is 0. The van der Waals surface area contributed by atoms with E-state index in [1.54, 1.807) is 0 Å². The van der Waals surface area contributed by atoms with Gasteiger partial charge in [-0.1, -0.05) is 43.2 Å². The van der Waals surface area contributed by atoms with Crippen molar-refractivity contribution in [1.29, 1.82) is 0 Å². The Bertz CT molecular complexity index is 641. The average Bonchev–Trinajstić information content (AvgIpc) is 3.21. The Morgan fingerprint density at radius 1 is 1.24 bits per heavy atom. The molecule has 2 fully saturated rings. The van der Waals surface area contributed by atoms with Crippen LogP contribution in [0.15, 0.2) is 30.3 Å². The third-order valence-electron chi connectivity index (χ3n) is 5.10. The van der Waals surface area contributed by atoms with E-state index in [4.69, 9.17) is 0 Å². The lowest BCUT2D eigenvalue weighted by atomic mass is 10.1. The van der Waals surface area contributed by atoms with Gasteiger partial charge in [0.25, 0.3) is 5.91 Å². The third kappa shape index (κ3) is 4.00. The maximum Gasteiger partial charge on any atom is 0.325 e. The van der Waals surface area contributed by atoms with Gasteiger partial charge < -0.3 is 10.6 Å². The zero-order valence-corrected chi connectivity index (χ0v) is 14.5. The van der Waals surface area contributed by atoms with Crippen molar-refractivity contribution >= 4 is 17.8 Å². The normalized spacial score (nSPS) is 22.1. The minimum atomic E-state index is -0.618. The maximum atomic E-state index is 12.6. The van der Waals surface area contributed by atoms with Crippen molar-refractivity contribution in [2.24, 2.45) is 0 Å². The molecule has 1 aliphatic heterocycles. The van der Waals surface area contributed by atoms with Crippen LogP contribution >= 0.6 is 0 Å². The first-order valence-corrected chi connectivity index (χ1v) is 9.04. The zero-order valence-electron chi connectivity index (χ0n) is 14.5. The lowest BCUT2D eigenvalue weighted by molar-refractivity contribution is -0.129. The van der Waals surface area contributed by atoms with Crippen LogP contribution in [0.5, 0.6) is 0 Å². The largest absolute Gasteiger partial charge is 0.353 e. The fourth-order valence-electron chi connectivity index (χ4n) is 3.64. The minimum absolute atomic E-state index is 0.0384. The molecule has 0 radical (unpaired) electrons. The van der Waals surface area contributed by atoms with Gasteiger partial charge in [-0.3, -0.25) is 14.5 Å². The van der Waals surface area contributed by atoms with Crippen molar-refractivity contribution in [2.45, 2.75) is 63.6 Å². The second kappa shape index (κ2) is 7.68. The number of benzene rings is 1. The van der Waals surface area contributed by atoms with Gasteiger partial charge in [-0.25, -0.2) is 4.79 Å². The number of nitrogens with zero attached hydrogens (tertiary/aromatic N) is 1. The van der Waals surface area contributed by atoms with Crippen molar-refractivity contribution < 1.29 is 14.4 Å². The average molecular weight is 343 g/mol. The summed E-state index contributed by atoms with van der Waals surface area (Å²) in [6.07, 6.45) is 4.98. The lowest BCUT2D eigenvalue weighted by Gasteiger charge is -2.22. The molecule has 25 heavy (non-hydrogen) atoms. The molecule has 1 aliphatic carbocycles. The van der Waals surface area contributed by atoms with Crippen LogP contribution in [0.4, 0.5) is 4.79 Å². The number of amides is 4. The predicted molar refractivity (Wildman–Crippen MR) is 93.7 cm³/mol. The summed E-state index contributed by atoms with van der Waals surface area (Å²) in [5.74, 6) is -0.293. The molecule has 2 aliphatic rings. The lowest BCUT2D eigenvalue weighted by Crippen LogP contribution is -2.36. The van der Waals surface area contributed by atoms with E-state index in [1.165, 1.54) is 4.90 Å². The Morgan fingerprint density at radius 2 is 1.92 bits per heavy atom. The monoisotopic (exact) mass is 343 g/mol. The topological polar surface area (TPSA) is 78.5 Å². The fraction of sp³-hybridized carbons (Fsp3) is 0.526. The highest BCUT2D eigenvalue weighted by Crippen LogP contribution is 2.25. The van der Waals surface area contributed by atoms with E-state index >= 15 is 0 Å². The summed E-state index contributed by atoms with van der Waals surface area (Å²) in [4.78, 5) is 38.1. The van der Waals surface area contributed by atoms with Gasteiger partial charge in [-0.15, -0.1) is 0 Å². The predicted octanol–water partition coefficient (Wildman–Crippen LogP) is 2.51. The third-order valence-corrected chi connectivity index (χ3v) is 5.10. The van der Waals surface area contributed by atoms with E-state index in [0.717, 1.165) is 31.2 Å². The van der Waals surface area contributed by atoms with Crippen molar-refractivity contribution in [2.75, 3.05) is 0 Å². The first-order valence-electron chi connectivity index (χ1n) is 9.04. The van der Waals surface area contributed by atoms with Crippen molar-refractivity contribution in [3.8, 4) is 0 Å². The standard InChI is InChI=1S/C19H25N3O3/c1-13(14-7-3-2-4-8-14)22-18(24)16(21-19(22)25)11-12-17(23)20-15-9-5-6-10-15/h2-4,7-8,13,15-16H,5-6,9-12H2,1H3,(H,20,23)(H,21,25)/t13-,16-/m0/s1. The number of carbonyl (C=O) groups excluding carboxylic acids is 3. The molecule has 1 saturated heterocycles. The number of rotatable bonds is 6. The minimum Gasteiger partial charge on any atom is -0.353 e. The quantitative estimate of drug-likeness (QED) is 0.779. The molecule has 1 saturated carbocycles. The number of nitrogens with one attached hydrogen (secondary N) is 2. The second-order valence-electron chi connectivity index (χ2n) is 6.88. The number of imide groups is 1. The molecule has 2 N–H and O–H groups in total. The maximum absolute atomic E-state index is 12.6. The molecule has 0 aromatic heterocycles. The van der Waals surface area contributed by atoms with Crippen LogP contribution in [0.3, 0.4) is 0 Å². The molecule has 0 bridgehead atoms. The smallest absolute Gasteiger partial charge is 0.325 e. The van der Waals surface area contributed by atoms with Gasteiger partial charge in [-0.05, 0) is 31.7 Å². The molecule has 4 amide bonds. The zero-order chi connectivity index (χ0) is 17.8. The van der Waals surface area contributed by atoms with Gasteiger partial charge in [0.15, 0.2) is 0 Å².